The van der Waals surface area contributed by atoms with Crippen LogP contribution in [0.5, 0.6) is 0 Å². The molecule has 0 spiro atoms. The van der Waals surface area contributed by atoms with E-state index in [9.17, 15) is 0 Å². The molecule has 1 fully saturated rings. The third-order valence-corrected chi connectivity index (χ3v) is 4.76. The molecule has 0 radical (unpaired) electrons. The standard InChI is InChI=1S/C19H18N4/c20-11-14-5-6-19(22-12-14)23-9-7-15(8-10-23)17-13-21-18-4-2-1-3-16(17)18/h1-6,12-13,15,21H,7-10H2. The van der Waals surface area contributed by atoms with Gasteiger partial charge in [0.15, 0.2) is 0 Å². The summed E-state index contributed by atoms with van der Waals surface area (Å²) in [5.41, 5.74) is 3.27. The van der Waals surface area contributed by atoms with Crippen LogP contribution in [0.4, 0.5) is 5.82 Å². The summed E-state index contributed by atoms with van der Waals surface area (Å²) < 4.78 is 0. The second-order valence-corrected chi connectivity index (χ2v) is 6.07. The number of hydrogen-bond donors (Lipinski definition) is 1. The average molecular weight is 302 g/mol. The number of aromatic amines is 1. The largest absolute Gasteiger partial charge is 0.361 e. The lowest BCUT2D eigenvalue weighted by atomic mass is 9.89. The Balaban J connectivity index is 1.49. The molecule has 4 nitrogen and oxygen atoms in total. The van der Waals surface area contributed by atoms with Crippen molar-refractivity contribution in [2.24, 2.45) is 0 Å². The van der Waals surface area contributed by atoms with E-state index in [1.165, 1.54) is 16.5 Å². The zero-order valence-corrected chi connectivity index (χ0v) is 12.9. The first-order valence-electron chi connectivity index (χ1n) is 8.02. The molecule has 0 bridgehead atoms. The highest BCUT2D eigenvalue weighted by atomic mass is 15.2. The summed E-state index contributed by atoms with van der Waals surface area (Å²) in [6.45, 7) is 2.01. The smallest absolute Gasteiger partial charge is 0.128 e. The van der Waals surface area contributed by atoms with Crippen LogP contribution >= 0.6 is 0 Å². The molecule has 1 saturated heterocycles. The van der Waals surface area contributed by atoms with Crippen LogP contribution in [-0.4, -0.2) is 23.1 Å². The first-order valence-corrected chi connectivity index (χ1v) is 8.02. The number of rotatable bonds is 2. The predicted octanol–water partition coefficient (Wildman–Crippen LogP) is 3.82. The Morgan fingerprint density at radius 1 is 1.13 bits per heavy atom. The van der Waals surface area contributed by atoms with Crippen molar-refractivity contribution in [2.75, 3.05) is 18.0 Å². The summed E-state index contributed by atoms with van der Waals surface area (Å²) in [6.07, 6.45) is 6.08. The third kappa shape index (κ3) is 2.55. The van der Waals surface area contributed by atoms with Gasteiger partial charge >= 0.3 is 0 Å². The van der Waals surface area contributed by atoms with Crippen LogP contribution in [0.25, 0.3) is 10.9 Å². The number of piperidine rings is 1. The number of benzene rings is 1. The highest BCUT2D eigenvalue weighted by Gasteiger charge is 2.23. The van der Waals surface area contributed by atoms with Gasteiger partial charge in [-0.15, -0.1) is 0 Å². The number of para-hydroxylation sites is 1. The topological polar surface area (TPSA) is 55.7 Å². The lowest BCUT2D eigenvalue weighted by Gasteiger charge is -2.32. The van der Waals surface area contributed by atoms with Crippen molar-refractivity contribution in [2.45, 2.75) is 18.8 Å². The number of hydrogen-bond acceptors (Lipinski definition) is 3. The van der Waals surface area contributed by atoms with Crippen LogP contribution in [-0.2, 0) is 0 Å². The van der Waals surface area contributed by atoms with E-state index in [-0.39, 0.29) is 0 Å². The second-order valence-electron chi connectivity index (χ2n) is 6.07. The molecule has 0 atom stereocenters. The van der Waals surface area contributed by atoms with Crippen LogP contribution in [0, 0.1) is 11.3 Å². The molecule has 4 rings (SSSR count). The van der Waals surface area contributed by atoms with Gasteiger partial charge in [-0.25, -0.2) is 4.98 Å². The summed E-state index contributed by atoms with van der Waals surface area (Å²) in [4.78, 5) is 10.1. The van der Waals surface area contributed by atoms with Crippen LogP contribution in [0.1, 0.15) is 29.9 Å². The second kappa shape index (κ2) is 5.77. The SMILES string of the molecule is N#Cc1ccc(N2CCC(c3c[nH]c4ccccc34)CC2)nc1. The Morgan fingerprint density at radius 3 is 2.70 bits per heavy atom. The zero-order valence-electron chi connectivity index (χ0n) is 12.9. The lowest BCUT2D eigenvalue weighted by Crippen LogP contribution is -2.33. The van der Waals surface area contributed by atoms with Gasteiger partial charge in [-0.3, -0.25) is 0 Å². The molecule has 1 aromatic carbocycles. The Hall–Kier alpha value is -2.80. The van der Waals surface area contributed by atoms with E-state index in [0.29, 0.717) is 11.5 Å². The molecule has 4 heteroatoms. The molecule has 114 valence electrons. The van der Waals surface area contributed by atoms with Crippen molar-refractivity contribution in [3.8, 4) is 6.07 Å². The highest BCUT2D eigenvalue weighted by molar-refractivity contribution is 5.83. The summed E-state index contributed by atoms with van der Waals surface area (Å²) in [6, 6.07) is 14.4. The molecule has 1 N–H and O–H groups in total. The van der Waals surface area contributed by atoms with Crippen molar-refractivity contribution in [3.05, 3.63) is 59.9 Å². The average Bonchev–Trinajstić information content (AvgIpc) is 3.06. The molecule has 1 aliphatic heterocycles. The maximum absolute atomic E-state index is 8.86. The fraction of sp³-hybridized carbons (Fsp3) is 0.263. The van der Waals surface area contributed by atoms with Crippen LogP contribution in [0.15, 0.2) is 48.8 Å². The quantitative estimate of drug-likeness (QED) is 0.783. The van der Waals surface area contributed by atoms with Crippen LogP contribution in [0.2, 0.25) is 0 Å². The molecular weight excluding hydrogens is 284 g/mol. The van der Waals surface area contributed by atoms with Gasteiger partial charge in [0, 0.05) is 36.4 Å². The molecule has 3 aromatic rings. The Morgan fingerprint density at radius 2 is 1.96 bits per heavy atom. The number of nitrogens with one attached hydrogen (secondary N) is 1. The molecule has 0 unspecified atom stereocenters. The van der Waals surface area contributed by atoms with E-state index < -0.39 is 0 Å². The van der Waals surface area contributed by atoms with E-state index in [1.807, 2.05) is 12.1 Å². The molecule has 3 heterocycles. The minimum absolute atomic E-state index is 0.598. The first-order chi connectivity index (χ1) is 11.3. The van der Waals surface area contributed by atoms with Gasteiger partial charge in [-0.05, 0) is 42.5 Å². The number of nitriles is 1. The lowest BCUT2D eigenvalue weighted by molar-refractivity contribution is 0.505. The number of nitrogens with zero attached hydrogens (tertiary/aromatic N) is 3. The third-order valence-electron chi connectivity index (χ3n) is 4.76. The molecule has 0 saturated carbocycles. The Bertz CT molecular complexity index is 849. The predicted molar refractivity (Wildman–Crippen MR) is 91.4 cm³/mol. The number of fused-ring (bicyclic) bond motifs is 1. The Kier molecular flexibility index (Phi) is 3.47. The summed E-state index contributed by atoms with van der Waals surface area (Å²) in [5.74, 6) is 1.57. The van der Waals surface area contributed by atoms with Gasteiger partial charge in [0.2, 0.25) is 0 Å². The van der Waals surface area contributed by atoms with E-state index in [1.54, 1.807) is 6.20 Å². The van der Waals surface area contributed by atoms with Crippen molar-refractivity contribution < 1.29 is 0 Å². The number of anilines is 1. The van der Waals surface area contributed by atoms with Gasteiger partial charge in [0.1, 0.15) is 11.9 Å². The van der Waals surface area contributed by atoms with Crippen molar-refractivity contribution in [1.29, 1.82) is 5.26 Å². The molecule has 2 aromatic heterocycles. The van der Waals surface area contributed by atoms with Gasteiger partial charge < -0.3 is 9.88 Å². The Labute approximate surface area is 135 Å². The molecule has 0 amide bonds. The highest BCUT2D eigenvalue weighted by Crippen LogP contribution is 2.34. The van der Waals surface area contributed by atoms with E-state index in [2.05, 4.69) is 51.4 Å². The number of pyridine rings is 1. The molecule has 23 heavy (non-hydrogen) atoms. The van der Waals surface area contributed by atoms with Gasteiger partial charge in [0.05, 0.1) is 5.56 Å². The van der Waals surface area contributed by atoms with Crippen molar-refractivity contribution in [1.82, 2.24) is 9.97 Å². The molecule has 0 aliphatic carbocycles. The maximum Gasteiger partial charge on any atom is 0.128 e. The van der Waals surface area contributed by atoms with E-state index in [4.69, 9.17) is 5.26 Å². The summed E-state index contributed by atoms with van der Waals surface area (Å²) in [7, 11) is 0. The minimum Gasteiger partial charge on any atom is -0.361 e. The zero-order chi connectivity index (χ0) is 15.6. The monoisotopic (exact) mass is 302 g/mol. The van der Waals surface area contributed by atoms with Crippen LogP contribution < -0.4 is 4.90 Å². The fourth-order valence-electron chi connectivity index (χ4n) is 3.49. The van der Waals surface area contributed by atoms with Crippen molar-refractivity contribution >= 4 is 16.7 Å². The molecular formula is C19H18N4. The maximum atomic E-state index is 8.86. The number of H-pyrrole nitrogens is 1. The molecule has 1 aliphatic rings. The van der Waals surface area contributed by atoms with Crippen molar-refractivity contribution in [3.63, 3.8) is 0 Å². The fourth-order valence-corrected chi connectivity index (χ4v) is 3.49. The minimum atomic E-state index is 0.598. The summed E-state index contributed by atoms with van der Waals surface area (Å²) in [5, 5.41) is 10.2. The first kappa shape index (κ1) is 13.8. The normalized spacial score (nSPS) is 15.7. The van der Waals surface area contributed by atoms with Crippen LogP contribution in [0.3, 0.4) is 0 Å². The van der Waals surface area contributed by atoms with Gasteiger partial charge in [0.25, 0.3) is 0 Å². The number of aromatic nitrogens is 2. The van der Waals surface area contributed by atoms with Gasteiger partial charge in [-0.1, -0.05) is 18.2 Å². The van der Waals surface area contributed by atoms with E-state index in [0.717, 1.165) is 31.7 Å². The summed E-state index contributed by atoms with van der Waals surface area (Å²) >= 11 is 0. The van der Waals surface area contributed by atoms with Gasteiger partial charge in [-0.2, -0.15) is 5.26 Å². The van der Waals surface area contributed by atoms with E-state index >= 15 is 0 Å².